The van der Waals surface area contributed by atoms with Crippen LogP contribution in [0.5, 0.6) is 0 Å². The van der Waals surface area contributed by atoms with Gasteiger partial charge in [0.25, 0.3) is 0 Å². The molecular formula is C11H20N2O3. The van der Waals surface area contributed by atoms with Gasteiger partial charge in [-0.1, -0.05) is 12.2 Å². The molecule has 0 fully saturated rings. The first-order valence-corrected chi connectivity index (χ1v) is 5.20. The molecule has 0 aromatic carbocycles. The van der Waals surface area contributed by atoms with E-state index >= 15 is 0 Å². The van der Waals surface area contributed by atoms with Crippen molar-refractivity contribution in [2.45, 2.75) is 26.8 Å². The first kappa shape index (κ1) is 14.6. The number of carbonyl (C=O) groups excluding carboxylic acids is 2. The van der Waals surface area contributed by atoms with Gasteiger partial charge in [-0.3, -0.25) is 9.59 Å². The highest BCUT2D eigenvalue weighted by Gasteiger charge is 2.12. The fourth-order valence-electron chi connectivity index (χ4n) is 1.02. The minimum Gasteiger partial charge on any atom is -0.375 e. The Morgan fingerprint density at radius 2 is 2.00 bits per heavy atom. The van der Waals surface area contributed by atoms with Gasteiger partial charge in [0.2, 0.25) is 11.8 Å². The van der Waals surface area contributed by atoms with Crippen LogP contribution in [-0.2, 0) is 14.3 Å². The van der Waals surface area contributed by atoms with Crippen LogP contribution in [0.3, 0.4) is 0 Å². The zero-order valence-electron chi connectivity index (χ0n) is 10.1. The van der Waals surface area contributed by atoms with Crippen molar-refractivity contribution in [1.29, 1.82) is 0 Å². The van der Waals surface area contributed by atoms with Crippen molar-refractivity contribution >= 4 is 11.8 Å². The number of rotatable bonds is 7. The molecule has 0 aromatic rings. The van der Waals surface area contributed by atoms with Crippen molar-refractivity contribution in [3.8, 4) is 0 Å². The fraction of sp³-hybridized carbons (Fsp3) is 0.636. The molecular weight excluding hydrogens is 208 g/mol. The van der Waals surface area contributed by atoms with E-state index in [0.29, 0.717) is 19.8 Å². The van der Waals surface area contributed by atoms with Gasteiger partial charge in [0, 0.05) is 13.5 Å². The van der Waals surface area contributed by atoms with Gasteiger partial charge in [-0.25, -0.2) is 0 Å². The molecule has 5 nitrogen and oxygen atoms in total. The maximum Gasteiger partial charge on any atom is 0.242 e. The fourth-order valence-corrected chi connectivity index (χ4v) is 1.02. The molecule has 2 amide bonds. The van der Waals surface area contributed by atoms with E-state index < -0.39 is 6.04 Å². The largest absolute Gasteiger partial charge is 0.375 e. The number of hydrogen-bond acceptors (Lipinski definition) is 3. The number of carbonyl (C=O) groups is 2. The second-order valence-corrected chi connectivity index (χ2v) is 3.72. The predicted octanol–water partition coefficient (Wildman–Crippen LogP) is 0.220. The van der Waals surface area contributed by atoms with Gasteiger partial charge in [0.1, 0.15) is 6.04 Å². The third-order valence-corrected chi connectivity index (χ3v) is 1.71. The second-order valence-electron chi connectivity index (χ2n) is 3.72. The van der Waals surface area contributed by atoms with Crippen LogP contribution >= 0.6 is 0 Å². The molecule has 0 spiro atoms. The van der Waals surface area contributed by atoms with Crippen LogP contribution in [0.1, 0.15) is 20.8 Å². The van der Waals surface area contributed by atoms with E-state index in [1.165, 1.54) is 6.92 Å². The minimum atomic E-state index is -0.515. The standard InChI is InChI=1S/C11H20N2O3/c1-8(2)7-16-6-5-12-11(15)9(3)13-10(4)14/h9H,1,5-7H2,2-4H3,(H,12,15)(H,13,14). The van der Waals surface area contributed by atoms with Crippen LogP contribution < -0.4 is 10.6 Å². The molecule has 0 aliphatic heterocycles. The average molecular weight is 228 g/mol. The van der Waals surface area contributed by atoms with Crippen molar-refractivity contribution in [3.63, 3.8) is 0 Å². The third kappa shape index (κ3) is 7.99. The molecule has 0 saturated heterocycles. The monoisotopic (exact) mass is 228 g/mol. The molecule has 1 unspecified atom stereocenters. The molecule has 0 bridgehead atoms. The van der Waals surface area contributed by atoms with Gasteiger partial charge in [-0.15, -0.1) is 0 Å². The summed E-state index contributed by atoms with van der Waals surface area (Å²) in [7, 11) is 0. The molecule has 0 rings (SSSR count). The minimum absolute atomic E-state index is 0.214. The number of nitrogens with one attached hydrogen (secondary N) is 2. The highest BCUT2D eigenvalue weighted by molar-refractivity contribution is 5.86. The Labute approximate surface area is 96.2 Å². The van der Waals surface area contributed by atoms with Gasteiger partial charge in [-0.2, -0.15) is 0 Å². The van der Waals surface area contributed by atoms with E-state index in [1.54, 1.807) is 6.92 Å². The van der Waals surface area contributed by atoms with Crippen molar-refractivity contribution in [2.24, 2.45) is 0 Å². The number of ether oxygens (including phenoxy) is 1. The van der Waals surface area contributed by atoms with Gasteiger partial charge < -0.3 is 15.4 Å². The summed E-state index contributed by atoms with van der Waals surface area (Å²) in [6, 6.07) is -0.515. The first-order valence-electron chi connectivity index (χ1n) is 5.20. The highest BCUT2D eigenvalue weighted by atomic mass is 16.5. The SMILES string of the molecule is C=C(C)COCCNC(=O)C(C)NC(C)=O. The Hall–Kier alpha value is -1.36. The molecule has 1 atom stereocenters. The summed E-state index contributed by atoms with van der Waals surface area (Å²) in [4.78, 5) is 22.1. The van der Waals surface area contributed by atoms with Crippen LogP contribution in [0.4, 0.5) is 0 Å². The number of amides is 2. The highest BCUT2D eigenvalue weighted by Crippen LogP contribution is 1.87. The Morgan fingerprint density at radius 1 is 1.38 bits per heavy atom. The maximum absolute atomic E-state index is 11.4. The van der Waals surface area contributed by atoms with Crippen LogP contribution in [0, 0.1) is 0 Å². The second kappa shape index (κ2) is 7.87. The molecule has 0 aliphatic carbocycles. The van der Waals surface area contributed by atoms with Crippen LogP contribution in [0.25, 0.3) is 0 Å². The molecule has 5 heteroatoms. The summed E-state index contributed by atoms with van der Waals surface area (Å²) in [6.45, 7) is 9.93. The summed E-state index contributed by atoms with van der Waals surface area (Å²) in [5.41, 5.74) is 0.943. The van der Waals surface area contributed by atoms with Crippen LogP contribution in [0.2, 0.25) is 0 Å². The summed E-state index contributed by atoms with van der Waals surface area (Å²) in [5.74, 6) is -0.435. The molecule has 0 aliphatic rings. The molecule has 0 aromatic heterocycles. The molecule has 0 radical (unpaired) electrons. The zero-order valence-corrected chi connectivity index (χ0v) is 10.1. The summed E-state index contributed by atoms with van der Waals surface area (Å²) in [6.07, 6.45) is 0. The summed E-state index contributed by atoms with van der Waals surface area (Å²) < 4.78 is 5.20. The van der Waals surface area contributed by atoms with Crippen molar-refractivity contribution in [3.05, 3.63) is 12.2 Å². The van der Waals surface area contributed by atoms with E-state index in [1.807, 2.05) is 6.92 Å². The Bertz CT molecular complexity index is 264. The molecule has 16 heavy (non-hydrogen) atoms. The van der Waals surface area contributed by atoms with Crippen molar-refractivity contribution < 1.29 is 14.3 Å². The van der Waals surface area contributed by atoms with E-state index in [9.17, 15) is 9.59 Å². The van der Waals surface area contributed by atoms with Crippen molar-refractivity contribution in [1.82, 2.24) is 10.6 Å². The van der Waals surface area contributed by atoms with Gasteiger partial charge in [0.15, 0.2) is 0 Å². The summed E-state index contributed by atoms with van der Waals surface area (Å²) >= 11 is 0. The average Bonchev–Trinajstić information content (AvgIpc) is 2.15. The predicted molar refractivity (Wildman–Crippen MR) is 61.9 cm³/mol. The number of hydrogen-bond donors (Lipinski definition) is 2. The van der Waals surface area contributed by atoms with E-state index in [2.05, 4.69) is 17.2 Å². The Morgan fingerprint density at radius 3 is 2.50 bits per heavy atom. The van der Waals surface area contributed by atoms with Gasteiger partial charge in [0.05, 0.1) is 13.2 Å². The lowest BCUT2D eigenvalue weighted by molar-refractivity contribution is -0.127. The molecule has 0 saturated carbocycles. The van der Waals surface area contributed by atoms with Crippen molar-refractivity contribution in [2.75, 3.05) is 19.8 Å². The van der Waals surface area contributed by atoms with Crippen LogP contribution in [-0.4, -0.2) is 37.6 Å². The quantitative estimate of drug-likeness (QED) is 0.484. The normalized spacial score (nSPS) is 11.7. The smallest absolute Gasteiger partial charge is 0.242 e. The van der Waals surface area contributed by atoms with E-state index in [-0.39, 0.29) is 11.8 Å². The zero-order chi connectivity index (χ0) is 12.6. The molecule has 0 heterocycles. The lowest BCUT2D eigenvalue weighted by Gasteiger charge is -2.12. The first-order chi connectivity index (χ1) is 7.43. The van der Waals surface area contributed by atoms with E-state index in [0.717, 1.165) is 5.57 Å². The van der Waals surface area contributed by atoms with Gasteiger partial charge >= 0.3 is 0 Å². The molecule has 92 valence electrons. The van der Waals surface area contributed by atoms with Crippen LogP contribution in [0.15, 0.2) is 12.2 Å². The Kier molecular flexibility index (Phi) is 7.20. The van der Waals surface area contributed by atoms with E-state index in [4.69, 9.17) is 4.74 Å². The third-order valence-electron chi connectivity index (χ3n) is 1.71. The maximum atomic E-state index is 11.4. The molecule has 2 N–H and O–H groups in total. The lowest BCUT2D eigenvalue weighted by Crippen LogP contribution is -2.44. The topological polar surface area (TPSA) is 67.4 Å². The lowest BCUT2D eigenvalue weighted by atomic mass is 10.3. The van der Waals surface area contributed by atoms with Gasteiger partial charge in [-0.05, 0) is 13.8 Å². The summed E-state index contributed by atoms with van der Waals surface area (Å²) in [5, 5.41) is 5.15. The Balaban J connectivity index is 3.57.